The number of aromatic amines is 1. The van der Waals surface area contributed by atoms with Crippen LogP contribution in [-0.2, 0) is 18.3 Å². The molecule has 2 N–H and O–H groups in total. The summed E-state index contributed by atoms with van der Waals surface area (Å²) >= 11 is 0. The third-order valence-electron chi connectivity index (χ3n) is 4.79. The number of aryl methyl sites for hydroxylation is 1. The van der Waals surface area contributed by atoms with Crippen molar-refractivity contribution in [1.29, 1.82) is 0 Å². The summed E-state index contributed by atoms with van der Waals surface area (Å²) in [5.41, 5.74) is 1.16. The molecule has 7 heteroatoms. The van der Waals surface area contributed by atoms with Crippen molar-refractivity contribution in [2.24, 2.45) is 13.0 Å². The zero-order chi connectivity index (χ0) is 15.6. The van der Waals surface area contributed by atoms with Gasteiger partial charge in [-0.1, -0.05) is 0 Å². The van der Waals surface area contributed by atoms with Gasteiger partial charge >= 0.3 is 0 Å². The van der Waals surface area contributed by atoms with Crippen LogP contribution < -0.4 is 5.32 Å². The molecule has 1 saturated heterocycles. The average molecular weight is 316 g/mol. The third-order valence-corrected chi connectivity index (χ3v) is 4.79. The van der Waals surface area contributed by atoms with Gasteiger partial charge in [-0.2, -0.15) is 10.2 Å². The largest absolute Gasteiger partial charge is 0.372 e. The molecule has 2 atom stereocenters. The number of H-pyrrole nitrogens is 1. The smallest absolute Gasteiger partial charge is 0.153 e. The maximum Gasteiger partial charge on any atom is 0.153 e. The minimum atomic E-state index is 0.125. The highest BCUT2D eigenvalue weighted by Gasteiger charge is 2.30. The molecular weight excluding hydrogens is 292 g/mol. The second-order valence-electron chi connectivity index (χ2n) is 6.62. The number of hydrogen-bond acceptors (Lipinski definition) is 5. The molecule has 0 aromatic carbocycles. The molecule has 2 fully saturated rings. The van der Waals surface area contributed by atoms with E-state index in [0.29, 0.717) is 11.8 Å². The predicted molar refractivity (Wildman–Crippen MR) is 84.7 cm³/mol. The number of ether oxygens (including phenoxy) is 1. The summed E-state index contributed by atoms with van der Waals surface area (Å²) in [6.45, 7) is 2.48. The second-order valence-corrected chi connectivity index (χ2v) is 6.62. The van der Waals surface area contributed by atoms with E-state index in [0.717, 1.165) is 43.5 Å². The first-order chi connectivity index (χ1) is 11.3. The molecule has 2 aromatic rings. The Balaban J connectivity index is 1.33. The lowest BCUT2D eigenvalue weighted by Crippen LogP contribution is -2.32. The first-order valence-corrected chi connectivity index (χ1v) is 8.52. The van der Waals surface area contributed by atoms with Gasteiger partial charge in [0.2, 0.25) is 0 Å². The van der Waals surface area contributed by atoms with Crippen LogP contribution in [0.4, 0.5) is 0 Å². The summed E-state index contributed by atoms with van der Waals surface area (Å²) < 4.78 is 7.94. The third kappa shape index (κ3) is 3.30. The zero-order valence-electron chi connectivity index (χ0n) is 13.5. The fourth-order valence-electron chi connectivity index (χ4n) is 3.33. The highest BCUT2D eigenvalue weighted by molar-refractivity contribution is 5.07. The van der Waals surface area contributed by atoms with Crippen LogP contribution in [0.5, 0.6) is 0 Å². The Kier molecular flexibility index (Phi) is 4.13. The Morgan fingerprint density at radius 1 is 1.39 bits per heavy atom. The maximum atomic E-state index is 6.03. The summed E-state index contributed by atoms with van der Waals surface area (Å²) in [6.07, 6.45) is 6.72. The molecule has 1 aliphatic carbocycles. The van der Waals surface area contributed by atoms with Gasteiger partial charge in [0.1, 0.15) is 11.9 Å². The van der Waals surface area contributed by atoms with E-state index in [1.54, 1.807) is 0 Å². The van der Waals surface area contributed by atoms with Crippen molar-refractivity contribution in [3.8, 4) is 0 Å². The molecule has 2 aromatic heterocycles. The molecule has 2 aliphatic rings. The first kappa shape index (κ1) is 14.8. The summed E-state index contributed by atoms with van der Waals surface area (Å²) in [5.74, 6) is 2.97. The van der Waals surface area contributed by atoms with Gasteiger partial charge in [0, 0.05) is 38.2 Å². The lowest BCUT2D eigenvalue weighted by molar-refractivity contribution is -0.0323. The number of hydrogen-bond donors (Lipinski definition) is 2. The van der Waals surface area contributed by atoms with Crippen molar-refractivity contribution in [3.63, 3.8) is 0 Å². The van der Waals surface area contributed by atoms with Crippen LogP contribution >= 0.6 is 0 Å². The van der Waals surface area contributed by atoms with Crippen LogP contribution in [0.2, 0.25) is 0 Å². The molecule has 1 saturated carbocycles. The van der Waals surface area contributed by atoms with Crippen molar-refractivity contribution in [3.05, 3.63) is 29.6 Å². The van der Waals surface area contributed by atoms with E-state index < -0.39 is 0 Å². The molecular formula is C16H24N6O. The molecule has 23 heavy (non-hydrogen) atoms. The predicted octanol–water partition coefficient (Wildman–Crippen LogP) is 1.67. The van der Waals surface area contributed by atoms with Crippen molar-refractivity contribution in [2.75, 3.05) is 13.2 Å². The number of rotatable bonds is 6. The molecule has 124 valence electrons. The van der Waals surface area contributed by atoms with Crippen molar-refractivity contribution in [2.45, 2.75) is 44.2 Å². The van der Waals surface area contributed by atoms with Gasteiger partial charge in [0.15, 0.2) is 5.82 Å². The molecule has 4 rings (SSSR count). The van der Waals surface area contributed by atoms with Gasteiger partial charge in [-0.05, 0) is 31.7 Å². The van der Waals surface area contributed by atoms with E-state index in [4.69, 9.17) is 4.74 Å². The monoisotopic (exact) mass is 316 g/mol. The molecule has 0 amide bonds. The van der Waals surface area contributed by atoms with E-state index in [2.05, 4.69) is 31.7 Å². The number of aromatic nitrogens is 5. The topological polar surface area (TPSA) is 80.7 Å². The van der Waals surface area contributed by atoms with Gasteiger partial charge in [-0.3, -0.25) is 9.78 Å². The number of nitrogens with zero attached hydrogens (tertiary/aromatic N) is 4. The summed E-state index contributed by atoms with van der Waals surface area (Å²) in [6, 6.07) is 2.06. The minimum absolute atomic E-state index is 0.125. The molecule has 0 unspecified atom stereocenters. The highest BCUT2D eigenvalue weighted by Crippen LogP contribution is 2.37. The van der Waals surface area contributed by atoms with Crippen LogP contribution in [0.15, 0.2) is 12.3 Å². The first-order valence-electron chi connectivity index (χ1n) is 8.52. The molecule has 0 radical (unpaired) electrons. The zero-order valence-corrected chi connectivity index (χ0v) is 13.5. The summed E-state index contributed by atoms with van der Waals surface area (Å²) in [5, 5.41) is 15.1. The fraction of sp³-hybridized carbons (Fsp3) is 0.688. The summed E-state index contributed by atoms with van der Waals surface area (Å²) in [4.78, 5) is 4.56. The normalized spacial score (nSPS) is 24.9. The molecule has 1 aliphatic heterocycles. The SMILES string of the molecule is Cn1nccc1[C@@H]1OCCC[C@H]1CNCc1nc(C2CC2)n[nH]1. The van der Waals surface area contributed by atoms with Gasteiger partial charge in [0.25, 0.3) is 0 Å². The van der Waals surface area contributed by atoms with Crippen LogP contribution in [0.25, 0.3) is 0 Å². The van der Waals surface area contributed by atoms with E-state index in [1.165, 1.54) is 19.3 Å². The summed E-state index contributed by atoms with van der Waals surface area (Å²) in [7, 11) is 1.98. The van der Waals surface area contributed by atoms with Crippen molar-refractivity contribution in [1.82, 2.24) is 30.3 Å². The van der Waals surface area contributed by atoms with Crippen LogP contribution in [0.1, 0.15) is 55.0 Å². The van der Waals surface area contributed by atoms with E-state index in [-0.39, 0.29) is 6.10 Å². The van der Waals surface area contributed by atoms with E-state index >= 15 is 0 Å². The molecule has 0 bridgehead atoms. The van der Waals surface area contributed by atoms with E-state index in [1.807, 2.05) is 17.9 Å². The Labute approximate surface area is 135 Å². The average Bonchev–Trinajstić information content (AvgIpc) is 3.16. The Hall–Kier alpha value is -1.73. The number of nitrogens with one attached hydrogen (secondary N) is 2. The Morgan fingerprint density at radius 2 is 2.30 bits per heavy atom. The van der Waals surface area contributed by atoms with Gasteiger partial charge in [-0.25, -0.2) is 4.98 Å². The lowest BCUT2D eigenvalue weighted by Gasteiger charge is -2.32. The van der Waals surface area contributed by atoms with Gasteiger partial charge in [0.05, 0.1) is 12.2 Å². The van der Waals surface area contributed by atoms with Crippen LogP contribution in [0.3, 0.4) is 0 Å². The molecule has 3 heterocycles. The minimum Gasteiger partial charge on any atom is -0.372 e. The second kappa shape index (κ2) is 6.41. The standard InChI is InChI=1S/C16H24N6O/c1-22-13(6-7-18-22)15-12(3-2-8-23-15)9-17-10-14-19-16(21-20-14)11-4-5-11/h6-7,11-12,15,17H,2-5,8-10H2,1H3,(H,19,20,21)/t12-,15+/m0/s1. The molecule has 0 spiro atoms. The lowest BCUT2D eigenvalue weighted by atomic mass is 9.92. The fourth-order valence-corrected chi connectivity index (χ4v) is 3.33. The van der Waals surface area contributed by atoms with Gasteiger partial charge < -0.3 is 10.1 Å². The maximum absolute atomic E-state index is 6.03. The Bertz CT molecular complexity index is 647. The van der Waals surface area contributed by atoms with E-state index in [9.17, 15) is 0 Å². The highest BCUT2D eigenvalue weighted by atomic mass is 16.5. The molecule has 7 nitrogen and oxygen atoms in total. The van der Waals surface area contributed by atoms with Crippen LogP contribution in [0, 0.1) is 5.92 Å². The Morgan fingerprint density at radius 3 is 3.09 bits per heavy atom. The van der Waals surface area contributed by atoms with Crippen molar-refractivity contribution < 1.29 is 4.74 Å². The van der Waals surface area contributed by atoms with Crippen molar-refractivity contribution >= 4 is 0 Å². The van der Waals surface area contributed by atoms with Crippen LogP contribution in [-0.4, -0.2) is 38.1 Å². The quantitative estimate of drug-likeness (QED) is 0.847. The van der Waals surface area contributed by atoms with Gasteiger partial charge in [-0.15, -0.1) is 0 Å².